The van der Waals surface area contributed by atoms with Gasteiger partial charge in [-0.15, -0.1) is 0 Å². The third kappa shape index (κ3) is 3.07. The second-order valence-corrected chi connectivity index (χ2v) is 6.91. The number of rotatable bonds is 4. The summed E-state index contributed by atoms with van der Waals surface area (Å²) in [6, 6.07) is 16.0. The van der Waals surface area contributed by atoms with Gasteiger partial charge in [-0.1, -0.05) is 18.2 Å². The fourth-order valence-electron chi connectivity index (χ4n) is 2.32. The highest BCUT2D eigenvalue weighted by Crippen LogP contribution is 2.26. The van der Waals surface area contributed by atoms with E-state index in [-0.39, 0.29) is 27.5 Å². The fraction of sp³-hybridized carbons (Fsp3) is 0. The molecular weight excluding hydrogens is 352 g/mol. The van der Waals surface area contributed by atoms with Crippen molar-refractivity contribution in [2.75, 3.05) is 10.5 Å². The zero-order valence-electron chi connectivity index (χ0n) is 13.3. The van der Waals surface area contributed by atoms with Gasteiger partial charge in [0.15, 0.2) is 0 Å². The van der Waals surface area contributed by atoms with Crippen molar-refractivity contribution in [2.24, 2.45) is 0 Å². The molecule has 0 saturated carbocycles. The normalized spacial score (nSPS) is 10.7. The van der Waals surface area contributed by atoms with Gasteiger partial charge in [0.25, 0.3) is 10.0 Å². The molecule has 0 aliphatic heterocycles. The minimum Gasteiger partial charge on any atom is -0.382 e. The molecule has 0 fully saturated rings. The number of para-hydroxylation sites is 2. The molecule has 8 nitrogen and oxygen atoms in total. The number of hydrogen-bond donors (Lipinski definition) is 2. The van der Waals surface area contributed by atoms with Crippen LogP contribution in [0.1, 0.15) is 11.1 Å². The number of anilines is 2. The van der Waals surface area contributed by atoms with Crippen molar-refractivity contribution in [2.45, 2.75) is 4.90 Å². The first kappa shape index (κ1) is 17.0. The maximum absolute atomic E-state index is 12.7. The largest absolute Gasteiger partial charge is 0.382 e. The first-order valence-corrected chi connectivity index (χ1v) is 8.80. The Morgan fingerprint density at radius 3 is 2.54 bits per heavy atom. The van der Waals surface area contributed by atoms with Crippen molar-refractivity contribution in [3.8, 4) is 17.8 Å². The third-order valence-electron chi connectivity index (χ3n) is 3.58. The van der Waals surface area contributed by atoms with Crippen LogP contribution in [-0.2, 0) is 10.0 Å². The lowest BCUT2D eigenvalue weighted by atomic mass is 10.2. The van der Waals surface area contributed by atoms with E-state index in [1.165, 1.54) is 35.1 Å². The molecule has 9 heteroatoms. The van der Waals surface area contributed by atoms with Crippen LogP contribution in [0.4, 0.5) is 11.5 Å². The molecule has 3 N–H and O–H groups in total. The van der Waals surface area contributed by atoms with Gasteiger partial charge in [-0.2, -0.15) is 15.6 Å². The Hall–Kier alpha value is -3.82. The van der Waals surface area contributed by atoms with Gasteiger partial charge in [-0.3, -0.25) is 4.72 Å². The predicted octanol–water partition coefficient (Wildman–Crippen LogP) is 2.00. The van der Waals surface area contributed by atoms with E-state index >= 15 is 0 Å². The second kappa shape index (κ2) is 6.59. The van der Waals surface area contributed by atoms with E-state index in [4.69, 9.17) is 16.3 Å². The summed E-state index contributed by atoms with van der Waals surface area (Å²) in [5.74, 6) is 0.102. The minimum absolute atomic E-state index is 0.0440. The highest BCUT2D eigenvalue weighted by atomic mass is 32.2. The summed E-state index contributed by atoms with van der Waals surface area (Å²) in [5.41, 5.74) is 6.91. The molecule has 2 aromatic carbocycles. The van der Waals surface area contributed by atoms with Crippen molar-refractivity contribution >= 4 is 21.5 Å². The van der Waals surface area contributed by atoms with Crippen molar-refractivity contribution in [3.63, 3.8) is 0 Å². The molecule has 0 radical (unpaired) electrons. The molecular formula is C17H12N6O2S. The van der Waals surface area contributed by atoms with Gasteiger partial charge in [0.1, 0.15) is 17.5 Å². The molecule has 0 aliphatic rings. The molecule has 0 saturated heterocycles. The summed E-state index contributed by atoms with van der Waals surface area (Å²) in [6.45, 7) is 0. The van der Waals surface area contributed by atoms with Crippen LogP contribution in [0.25, 0.3) is 5.69 Å². The van der Waals surface area contributed by atoms with Crippen molar-refractivity contribution < 1.29 is 8.42 Å². The van der Waals surface area contributed by atoms with Crippen LogP contribution in [0.5, 0.6) is 0 Å². The number of nitrogen functional groups attached to an aromatic ring is 1. The minimum atomic E-state index is -3.94. The lowest BCUT2D eigenvalue weighted by Crippen LogP contribution is -2.15. The standard InChI is InChI=1S/C17H12N6O2S/c18-9-12-4-3-5-14(8-12)26(24,25)22-15-6-1-2-7-16(15)23-17(20)13(10-19)11-21-23/h1-8,11,22H,20H2. The lowest BCUT2D eigenvalue weighted by Gasteiger charge is -2.13. The third-order valence-corrected chi connectivity index (χ3v) is 4.94. The van der Waals surface area contributed by atoms with E-state index < -0.39 is 10.0 Å². The molecule has 26 heavy (non-hydrogen) atoms. The summed E-state index contributed by atoms with van der Waals surface area (Å²) in [4.78, 5) is -0.0440. The number of hydrogen-bond acceptors (Lipinski definition) is 6. The van der Waals surface area contributed by atoms with Crippen molar-refractivity contribution in [1.82, 2.24) is 9.78 Å². The molecule has 0 bridgehead atoms. The Morgan fingerprint density at radius 2 is 1.85 bits per heavy atom. The number of nitrogens with zero attached hydrogens (tertiary/aromatic N) is 4. The molecule has 3 aromatic rings. The highest BCUT2D eigenvalue weighted by molar-refractivity contribution is 7.92. The first-order valence-electron chi connectivity index (χ1n) is 7.32. The van der Waals surface area contributed by atoms with E-state index in [9.17, 15) is 8.42 Å². The number of nitrogens with one attached hydrogen (secondary N) is 1. The average Bonchev–Trinajstić information content (AvgIpc) is 3.02. The van der Waals surface area contributed by atoms with Gasteiger partial charge in [0, 0.05) is 0 Å². The summed E-state index contributed by atoms with van der Waals surface area (Å²) in [7, 11) is -3.94. The Balaban J connectivity index is 2.05. The van der Waals surface area contributed by atoms with Crippen LogP contribution in [0, 0.1) is 22.7 Å². The van der Waals surface area contributed by atoms with E-state index in [2.05, 4.69) is 9.82 Å². The highest BCUT2D eigenvalue weighted by Gasteiger charge is 2.18. The van der Waals surface area contributed by atoms with Crippen LogP contribution in [0.15, 0.2) is 59.6 Å². The molecule has 3 rings (SSSR count). The summed E-state index contributed by atoms with van der Waals surface area (Å²) < 4.78 is 29.1. The van der Waals surface area contributed by atoms with Crippen LogP contribution in [0.3, 0.4) is 0 Å². The van der Waals surface area contributed by atoms with E-state index in [0.717, 1.165) is 0 Å². The van der Waals surface area contributed by atoms with Gasteiger partial charge in [-0.05, 0) is 30.3 Å². The van der Waals surface area contributed by atoms with Crippen molar-refractivity contribution in [1.29, 1.82) is 10.5 Å². The zero-order valence-corrected chi connectivity index (χ0v) is 14.1. The molecule has 1 heterocycles. The van der Waals surface area contributed by atoms with Gasteiger partial charge >= 0.3 is 0 Å². The van der Waals surface area contributed by atoms with Crippen LogP contribution in [-0.4, -0.2) is 18.2 Å². The smallest absolute Gasteiger partial charge is 0.262 e. The van der Waals surface area contributed by atoms with Gasteiger partial charge < -0.3 is 5.73 Å². The molecule has 128 valence electrons. The number of nitrogens with two attached hydrogens (primary N) is 1. The Bertz CT molecular complexity index is 1170. The zero-order chi connectivity index (χ0) is 18.7. The van der Waals surface area contributed by atoms with E-state index in [1.807, 2.05) is 12.1 Å². The molecule has 0 spiro atoms. The average molecular weight is 364 g/mol. The monoisotopic (exact) mass is 364 g/mol. The van der Waals surface area contributed by atoms with E-state index in [0.29, 0.717) is 5.69 Å². The van der Waals surface area contributed by atoms with Gasteiger partial charge in [-0.25, -0.2) is 13.1 Å². The van der Waals surface area contributed by atoms with Gasteiger partial charge in [0.05, 0.1) is 34.1 Å². The maximum atomic E-state index is 12.7. The summed E-state index contributed by atoms with van der Waals surface area (Å²) >= 11 is 0. The molecule has 0 amide bonds. The number of aromatic nitrogens is 2. The summed E-state index contributed by atoms with van der Waals surface area (Å²) in [5, 5.41) is 22.0. The topological polar surface area (TPSA) is 138 Å². The SMILES string of the molecule is N#Cc1cccc(S(=O)(=O)Nc2ccccc2-n2ncc(C#N)c2N)c1. The Morgan fingerprint density at radius 1 is 1.08 bits per heavy atom. The Labute approximate surface area is 149 Å². The van der Waals surface area contributed by atoms with E-state index in [1.54, 1.807) is 24.3 Å². The molecule has 0 aliphatic carbocycles. The summed E-state index contributed by atoms with van der Waals surface area (Å²) in [6.07, 6.45) is 1.30. The van der Waals surface area contributed by atoms with Crippen LogP contribution in [0.2, 0.25) is 0 Å². The number of nitriles is 2. The quantitative estimate of drug-likeness (QED) is 0.726. The Kier molecular flexibility index (Phi) is 4.31. The fourth-order valence-corrected chi connectivity index (χ4v) is 3.44. The van der Waals surface area contributed by atoms with Gasteiger partial charge in [0.2, 0.25) is 0 Å². The first-order chi connectivity index (χ1) is 12.5. The predicted molar refractivity (Wildman–Crippen MR) is 94.7 cm³/mol. The lowest BCUT2D eigenvalue weighted by molar-refractivity contribution is 0.601. The van der Waals surface area contributed by atoms with Crippen LogP contribution < -0.4 is 10.5 Å². The van der Waals surface area contributed by atoms with Crippen LogP contribution >= 0.6 is 0 Å². The second-order valence-electron chi connectivity index (χ2n) is 5.23. The molecule has 1 aromatic heterocycles. The maximum Gasteiger partial charge on any atom is 0.262 e. The number of benzene rings is 2. The molecule has 0 atom stereocenters. The van der Waals surface area contributed by atoms with Crippen molar-refractivity contribution in [3.05, 3.63) is 65.9 Å². The number of sulfonamides is 1. The molecule has 0 unspecified atom stereocenters.